The average molecular weight is 443 g/mol. The Morgan fingerprint density at radius 3 is 2.81 bits per heavy atom. The van der Waals surface area contributed by atoms with E-state index in [4.69, 9.17) is 11.6 Å². The fourth-order valence-electron chi connectivity index (χ4n) is 3.88. The van der Waals surface area contributed by atoms with E-state index < -0.39 is 11.7 Å². The van der Waals surface area contributed by atoms with Crippen molar-refractivity contribution >= 4 is 34.7 Å². The Bertz CT molecular complexity index is 989. The summed E-state index contributed by atoms with van der Waals surface area (Å²) >= 11 is 6.19. The van der Waals surface area contributed by atoms with Crippen LogP contribution in [-0.2, 0) is 9.59 Å². The molecule has 164 valence electrons. The average Bonchev–Trinajstić information content (AvgIpc) is 3.14. The summed E-state index contributed by atoms with van der Waals surface area (Å²) in [6, 6.07) is 11.9. The maximum atomic E-state index is 14.0. The summed E-state index contributed by atoms with van der Waals surface area (Å²) in [5, 5.41) is 3.58. The number of nitrogens with zero attached hydrogens (tertiary/aromatic N) is 1. The monoisotopic (exact) mass is 442 g/mol. The molecule has 1 aliphatic heterocycles. The first kappa shape index (κ1) is 23.0. The second kappa shape index (κ2) is 10.6. The molecule has 1 aliphatic rings. The Hall–Kier alpha value is -2.66. The number of amides is 2. The van der Waals surface area contributed by atoms with Gasteiger partial charge in [0, 0.05) is 18.1 Å². The molecule has 0 saturated carbocycles. The molecule has 1 atom stereocenters. The van der Waals surface area contributed by atoms with Gasteiger partial charge < -0.3 is 10.2 Å². The molecule has 0 spiro atoms. The molecule has 0 radical (unpaired) electrons. The number of hydrogen-bond donors (Lipinski definition) is 1. The zero-order valence-corrected chi connectivity index (χ0v) is 18.7. The van der Waals surface area contributed by atoms with Crippen LogP contribution in [0.3, 0.4) is 0 Å². The molecule has 6 heteroatoms. The lowest BCUT2D eigenvalue weighted by Crippen LogP contribution is -2.37. The summed E-state index contributed by atoms with van der Waals surface area (Å²) in [6.45, 7) is 4.91. The normalized spacial score (nSPS) is 16.6. The van der Waals surface area contributed by atoms with E-state index in [1.165, 1.54) is 11.0 Å². The van der Waals surface area contributed by atoms with Crippen molar-refractivity contribution in [2.24, 2.45) is 5.92 Å². The third-order valence-corrected chi connectivity index (χ3v) is 5.82. The van der Waals surface area contributed by atoms with Crippen molar-refractivity contribution < 1.29 is 14.0 Å². The van der Waals surface area contributed by atoms with Gasteiger partial charge in [-0.05, 0) is 67.2 Å². The topological polar surface area (TPSA) is 49.4 Å². The molecule has 0 aliphatic carbocycles. The number of aryl methyl sites for hydroxylation is 1. The number of halogens is 2. The molecule has 0 aromatic heterocycles. The molecule has 3 rings (SSSR count). The molecule has 1 unspecified atom stereocenters. The number of benzene rings is 2. The van der Waals surface area contributed by atoms with Crippen LogP contribution in [0.4, 0.5) is 10.1 Å². The number of para-hydroxylation sites is 1. The number of allylic oxidation sites excluding steroid dienone is 1. The van der Waals surface area contributed by atoms with Crippen molar-refractivity contribution in [2.45, 2.75) is 39.5 Å². The van der Waals surface area contributed by atoms with Crippen LogP contribution >= 0.6 is 11.6 Å². The van der Waals surface area contributed by atoms with Gasteiger partial charge in [0.1, 0.15) is 11.7 Å². The van der Waals surface area contributed by atoms with Gasteiger partial charge in [-0.15, -0.1) is 0 Å². The van der Waals surface area contributed by atoms with Gasteiger partial charge in [-0.25, -0.2) is 4.39 Å². The number of carbonyl (C=O) groups excluding carboxylic acids is 2. The van der Waals surface area contributed by atoms with Crippen molar-refractivity contribution in [1.29, 1.82) is 0 Å². The molecule has 1 heterocycles. The highest BCUT2D eigenvalue weighted by molar-refractivity contribution is 6.30. The lowest BCUT2D eigenvalue weighted by Gasteiger charge is -2.17. The predicted octanol–water partition coefficient (Wildman–Crippen LogP) is 5.53. The summed E-state index contributed by atoms with van der Waals surface area (Å²) < 4.78 is 14.0. The van der Waals surface area contributed by atoms with Crippen LogP contribution in [0.15, 0.2) is 48.5 Å². The maximum Gasteiger partial charge on any atom is 0.239 e. The predicted molar refractivity (Wildman–Crippen MR) is 124 cm³/mol. The van der Waals surface area contributed by atoms with E-state index in [-0.39, 0.29) is 17.5 Å². The van der Waals surface area contributed by atoms with E-state index in [1.807, 2.05) is 25.1 Å². The SMILES string of the molecule is CCCC=C(CCNC(=O)C1CCN(c2ccccc2F)C1=O)c1cc(Cl)ccc1C. The van der Waals surface area contributed by atoms with Crippen LogP contribution in [0.5, 0.6) is 0 Å². The second-order valence-electron chi connectivity index (χ2n) is 7.80. The molecule has 2 aromatic carbocycles. The van der Waals surface area contributed by atoms with Crippen LogP contribution in [0.2, 0.25) is 5.02 Å². The van der Waals surface area contributed by atoms with Gasteiger partial charge in [0.05, 0.1) is 5.69 Å². The first-order valence-electron chi connectivity index (χ1n) is 10.7. The molecule has 4 nitrogen and oxygen atoms in total. The fourth-order valence-corrected chi connectivity index (χ4v) is 4.05. The quantitative estimate of drug-likeness (QED) is 0.546. The lowest BCUT2D eigenvalue weighted by atomic mass is 9.96. The zero-order chi connectivity index (χ0) is 22.4. The first-order valence-corrected chi connectivity index (χ1v) is 11.1. The number of nitrogens with one attached hydrogen (secondary N) is 1. The summed E-state index contributed by atoms with van der Waals surface area (Å²) in [4.78, 5) is 26.8. The Kier molecular flexibility index (Phi) is 7.85. The van der Waals surface area contributed by atoms with Crippen molar-refractivity contribution in [3.63, 3.8) is 0 Å². The van der Waals surface area contributed by atoms with Crippen LogP contribution < -0.4 is 10.2 Å². The summed E-state index contributed by atoms with van der Waals surface area (Å²) in [5.41, 5.74) is 3.57. The third-order valence-electron chi connectivity index (χ3n) is 5.58. The minimum absolute atomic E-state index is 0.226. The minimum Gasteiger partial charge on any atom is -0.355 e. The van der Waals surface area contributed by atoms with Crippen LogP contribution in [-0.4, -0.2) is 24.9 Å². The van der Waals surface area contributed by atoms with E-state index in [1.54, 1.807) is 18.2 Å². The fraction of sp³-hybridized carbons (Fsp3) is 0.360. The number of carbonyl (C=O) groups is 2. The first-order chi connectivity index (χ1) is 14.9. The Balaban J connectivity index is 1.62. The van der Waals surface area contributed by atoms with Crippen molar-refractivity contribution in [1.82, 2.24) is 5.32 Å². The highest BCUT2D eigenvalue weighted by Crippen LogP contribution is 2.28. The summed E-state index contributed by atoms with van der Waals surface area (Å²) in [5.74, 6) is -1.90. The van der Waals surface area contributed by atoms with Crippen LogP contribution in [0.25, 0.3) is 5.57 Å². The van der Waals surface area contributed by atoms with E-state index >= 15 is 0 Å². The number of rotatable bonds is 8. The Morgan fingerprint density at radius 1 is 1.29 bits per heavy atom. The molecule has 1 saturated heterocycles. The Morgan fingerprint density at radius 2 is 2.06 bits per heavy atom. The van der Waals surface area contributed by atoms with Gasteiger partial charge in [-0.3, -0.25) is 9.59 Å². The highest BCUT2D eigenvalue weighted by Gasteiger charge is 2.38. The van der Waals surface area contributed by atoms with E-state index in [2.05, 4.69) is 18.3 Å². The molecular weight excluding hydrogens is 415 g/mol. The molecule has 0 bridgehead atoms. The minimum atomic E-state index is -0.782. The molecule has 1 N–H and O–H groups in total. The number of unbranched alkanes of at least 4 members (excludes halogenated alkanes) is 1. The lowest BCUT2D eigenvalue weighted by molar-refractivity contribution is -0.132. The molecular formula is C25H28ClFN2O2. The smallest absolute Gasteiger partial charge is 0.239 e. The maximum absolute atomic E-state index is 14.0. The largest absolute Gasteiger partial charge is 0.355 e. The van der Waals surface area contributed by atoms with Gasteiger partial charge >= 0.3 is 0 Å². The molecule has 2 aromatic rings. The molecule has 31 heavy (non-hydrogen) atoms. The van der Waals surface area contributed by atoms with E-state index in [0.29, 0.717) is 31.0 Å². The molecule has 2 amide bonds. The van der Waals surface area contributed by atoms with Crippen molar-refractivity contribution in [2.75, 3.05) is 18.0 Å². The zero-order valence-electron chi connectivity index (χ0n) is 18.0. The number of anilines is 1. The van der Waals surface area contributed by atoms with Crippen molar-refractivity contribution in [3.8, 4) is 0 Å². The number of hydrogen-bond acceptors (Lipinski definition) is 2. The summed E-state index contributed by atoms with van der Waals surface area (Å²) in [7, 11) is 0. The standard InChI is InChI=1S/C25H28ClFN2O2/c1-3-4-7-18(21-16-19(26)11-10-17(21)2)12-14-28-24(30)20-13-15-29(25(20)31)23-9-6-5-8-22(23)27/h5-11,16,20H,3-4,12-15H2,1-2H3,(H,28,30). The van der Waals surface area contributed by atoms with Gasteiger partial charge in [0.25, 0.3) is 0 Å². The van der Waals surface area contributed by atoms with E-state index in [9.17, 15) is 14.0 Å². The molecule has 1 fully saturated rings. The van der Waals surface area contributed by atoms with Gasteiger partial charge in [0.15, 0.2) is 0 Å². The highest BCUT2D eigenvalue weighted by atomic mass is 35.5. The van der Waals surface area contributed by atoms with Gasteiger partial charge in [0.2, 0.25) is 11.8 Å². The van der Waals surface area contributed by atoms with Crippen molar-refractivity contribution in [3.05, 3.63) is 70.5 Å². The van der Waals surface area contributed by atoms with E-state index in [0.717, 1.165) is 29.5 Å². The van der Waals surface area contributed by atoms with Gasteiger partial charge in [-0.1, -0.05) is 49.2 Å². The Labute approximate surface area is 188 Å². The van der Waals surface area contributed by atoms with Gasteiger partial charge in [-0.2, -0.15) is 0 Å². The summed E-state index contributed by atoms with van der Waals surface area (Å²) in [6.07, 6.45) is 5.17. The van der Waals surface area contributed by atoms with Crippen LogP contribution in [0.1, 0.15) is 43.7 Å². The third kappa shape index (κ3) is 5.53. The van der Waals surface area contributed by atoms with Crippen LogP contribution in [0, 0.1) is 18.7 Å². The second-order valence-corrected chi connectivity index (χ2v) is 8.24.